The SMILES string of the molecule is Cn1c(COC(=O)[C@H]2Cc3ccccc3S2)cc(=O)n(C)c1=O. The summed E-state index contributed by atoms with van der Waals surface area (Å²) in [4.78, 5) is 36.8. The van der Waals surface area contributed by atoms with E-state index in [2.05, 4.69) is 0 Å². The highest BCUT2D eigenvalue weighted by atomic mass is 32.2. The zero-order chi connectivity index (χ0) is 16.6. The average Bonchev–Trinajstić information content (AvgIpc) is 2.99. The van der Waals surface area contributed by atoms with Crippen molar-refractivity contribution in [2.75, 3.05) is 0 Å². The molecule has 0 bridgehead atoms. The Kier molecular flexibility index (Phi) is 4.12. The fourth-order valence-corrected chi connectivity index (χ4v) is 3.66. The largest absolute Gasteiger partial charge is 0.458 e. The Morgan fingerprint density at radius 1 is 1.26 bits per heavy atom. The Balaban J connectivity index is 1.69. The van der Waals surface area contributed by atoms with Crippen LogP contribution in [-0.2, 0) is 36.7 Å². The topological polar surface area (TPSA) is 70.3 Å². The average molecular weight is 332 g/mol. The molecule has 2 heterocycles. The van der Waals surface area contributed by atoms with Crippen molar-refractivity contribution in [1.29, 1.82) is 0 Å². The van der Waals surface area contributed by atoms with Crippen LogP contribution in [0.15, 0.2) is 44.8 Å². The number of benzene rings is 1. The van der Waals surface area contributed by atoms with Crippen LogP contribution >= 0.6 is 11.8 Å². The second-order valence-corrected chi connectivity index (χ2v) is 6.65. The molecule has 0 saturated carbocycles. The molecule has 1 aliphatic heterocycles. The number of ether oxygens (including phenoxy) is 1. The summed E-state index contributed by atoms with van der Waals surface area (Å²) in [5.41, 5.74) is 0.667. The molecule has 2 aromatic rings. The zero-order valence-corrected chi connectivity index (χ0v) is 13.6. The first kappa shape index (κ1) is 15.6. The number of nitrogens with zero attached hydrogens (tertiary/aromatic N) is 2. The maximum absolute atomic E-state index is 12.2. The lowest BCUT2D eigenvalue weighted by molar-refractivity contribution is -0.144. The molecule has 0 aliphatic carbocycles. The lowest BCUT2D eigenvalue weighted by atomic mass is 10.1. The predicted molar refractivity (Wildman–Crippen MR) is 86.5 cm³/mol. The molecule has 120 valence electrons. The smallest absolute Gasteiger partial charge is 0.330 e. The van der Waals surface area contributed by atoms with Gasteiger partial charge in [0.2, 0.25) is 0 Å². The standard InChI is InChI=1S/C16H16N2O4S/c1-17-11(8-14(19)18(2)16(17)21)9-22-15(20)13-7-10-5-3-4-6-12(10)23-13/h3-6,8,13H,7,9H2,1-2H3/t13-/m1/s1. The summed E-state index contributed by atoms with van der Waals surface area (Å²) in [6.07, 6.45) is 0.634. The van der Waals surface area contributed by atoms with Crippen molar-refractivity contribution >= 4 is 17.7 Å². The van der Waals surface area contributed by atoms with E-state index in [1.807, 2.05) is 24.3 Å². The van der Waals surface area contributed by atoms with E-state index in [0.717, 1.165) is 15.0 Å². The third kappa shape index (κ3) is 2.96. The minimum Gasteiger partial charge on any atom is -0.458 e. The summed E-state index contributed by atoms with van der Waals surface area (Å²) in [6, 6.07) is 9.18. The van der Waals surface area contributed by atoms with E-state index in [1.165, 1.54) is 29.4 Å². The molecule has 0 unspecified atom stereocenters. The third-order valence-corrected chi connectivity index (χ3v) is 5.19. The van der Waals surface area contributed by atoms with Crippen LogP contribution in [0.25, 0.3) is 0 Å². The van der Waals surface area contributed by atoms with Gasteiger partial charge in [-0.1, -0.05) is 18.2 Å². The summed E-state index contributed by atoms with van der Waals surface area (Å²) in [7, 11) is 2.96. The van der Waals surface area contributed by atoms with Crippen LogP contribution in [0.3, 0.4) is 0 Å². The Labute approximate surface area is 136 Å². The lowest BCUT2D eigenvalue weighted by Gasteiger charge is -2.12. The maximum atomic E-state index is 12.2. The quantitative estimate of drug-likeness (QED) is 0.779. The Morgan fingerprint density at radius 2 is 2.00 bits per heavy atom. The van der Waals surface area contributed by atoms with E-state index in [-0.39, 0.29) is 17.8 Å². The number of carbonyl (C=O) groups excluding carboxylic acids is 1. The number of rotatable bonds is 3. The van der Waals surface area contributed by atoms with Crippen LogP contribution in [-0.4, -0.2) is 20.4 Å². The molecule has 0 N–H and O–H groups in total. The Morgan fingerprint density at radius 3 is 2.74 bits per heavy atom. The summed E-state index contributed by atoms with van der Waals surface area (Å²) in [6.45, 7) is -0.0892. The minimum atomic E-state index is -0.439. The van der Waals surface area contributed by atoms with E-state index in [9.17, 15) is 14.4 Å². The first-order valence-corrected chi connectivity index (χ1v) is 8.02. The molecule has 0 radical (unpaired) electrons. The first-order chi connectivity index (χ1) is 11.0. The molecule has 0 spiro atoms. The Hall–Kier alpha value is -2.28. The molecule has 6 nitrogen and oxygen atoms in total. The van der Waals surface area contributed by atoms with Gasteiger partial charge in [0, 0.05) is 25.1 Å². The minimum absolute atomic E-state index is 0.0892. The van der Waals surface area contributed by atoms with Gasteiger partial charge in [-0.25, -0.2) is 4.79 Å². The molecule has 0 amide bonds. The molecular weight excluding hydrogens is 316 g/mol. The maximum Gasteiger partial charge on any atom is 0.330 e. The van der Waals surface area contributed by atoms with Gasteiger partial charge in [-0.3, -0.25) is 18.7 Å². The number of carbonyl (C=O) groups is 1. The van der Waals surface area contributed by atoms with Gasteiger partial charge in [0.1, 0.15) is 11.9 Å². The van der Waals surface area contributed by atoms with Gasteiger partial charge >= 0.3 is 11.7 Å². The lowest BCUT2D eigenvalue weighted by Crippen LogP contribution is -2.38. The number of hydrogen-bond donors (Lipinski definition) is 0. The van der Waals surface area contributed by atoms with Crippen LogP contribution in [0.2, 0.25) is 0 Å². The van der Waals surface area contributed by atoms with E-state index in [4.69, 9.17) is 4.74 Å². The van der Waals surface area contributed by atoms with Gasteiger partial charge in [-0.05, 0) is 18.1 Å². The number of esters is 1. The summed E-state index contributed by atoms with van der Waals surface area (Å²) >= 11 is 1.48. The molecule has 1 aliphatic rings. The molecule has 23 heavy (non-hydrogen) atoms. The summed E-state index contributed by atoms with van der Waals surface area (Å²) < 4.78 is 7.63. The van der Waals surface area contributed by atoms with Crippen LogP contribution in [0.5, 0.6) is 0 Å². The summed E-state index contributed by atoms with van der Waals surface area (Å²) in [5.74, 6) is -0.334. The van der Waals surface area contributed by atoms with Gasteiger partial charge in [-0.15, -0.1) is 11.8 Å². The van der Waals surface area contributed by atoms with E-state index in [1.54, 1.807) is 7.05 Å². The van der Waals surface area contributed by atoms with E-state index in [0.29, 0.717) is 12.1 Å². The molecule has 3 rings (SSSR count). The fourth-order valence-electron chi connectivity index (χ4n) is 2.47. The van der Waals surface area contributed by atoms with Crippen molar-refractivity contribution in [3.05, 3.63) is 62.4 Å². The molecular formula is C16H16N2O4S. The number of aromatic nitrogens is 2. The van der Waals surface area contributed by atoms with Crippen LogP contribution in [0.4, 0.5) is 0 Å². The van der Waals surface area contributed by atoms with Gasteiger partial charge in [0.25, 0.3) is 5.56 Å². The van der Waals surface area contributed by atoms with E-state index < -0.39 is 11.2 Å². The van der Waals surface area contributed by atoms with Crippen molar-refractivity contribution in [1.82, 2.24) is 9.13 Å². The molecule has 1 aromatic heterocycles. The molecule has 0 saturated heterocycles. The predicted octanol–water partition coefficient (Wildman–Crippen LogP) is 0.844. The molecule has 1 atom stereocenters. The normalized spacial score (nSPS) is 16.2. The fraction of sp³-hybridized carbons (Fsp3) is 0.312. The highest BCUT2D eigenvalue weighted by molar-refractivity contribution is 8.01. The van der Waals surface area contributed by atoms with Gasteiger partial charge in [0.05, 0.1) is 5.69 Å². The van der Waals surface area contributed by atoms with Crippen molar-refractivity contribution < 1.29 is 9.53 Å². The number of hydrogen-bond acceptors (Lipinski definition) is 5. The highest BCUT2D eigenvalue weighted by Gasteiger charge is 2.29. The Bertz CT molecular complexity index is 859. The van der Waals surface area contributed by atoms with Crippen LogP contribution in [0, 0.1) is 0 Å². The van der Waals surface area contributed by atoms with Crippen molar-refractivity contribution in [3.8, 4) is 0 Å². The molecule has 7 heteroatoms. The van der Waals surface area contributed by atoms with Crippen LogP contribution < -0.4 is 11.2 Å². The zero-order valence-electron chi connectivity index (χ0n) is 12.8. The molecule has 1 aromatic carbocycles. The first-order valence-electron chi connectivity index (χ1n) is 7.14. The molecule has 0 fully saturated rings. The number of thioether (sulfide) groups is 1. The van der Waals surface area contributed by atoms with E-state index >= 15 is 0 Å². The van der Waals surface area contributed by atoms with Crippen molar-refractivity contribution in [3.63, 3.8) is 0 Å². The van der Waals surface area contributed by atoms with Crippen molar-refractivity contribution in [2.45, 2.75) is 23.2 Å². The second-order valence-electron chi connectivity index (χ2n) is 5.40. The third-order valence-electron chi connectivity index (χ3n) is 3.90. The second kappa shape index (κ2) is 6.08. The number of fused-ring (bicyclic) bond motifs is 1. The van der Waals surface area contributed by atoms with Gasteiger partial charge in [-0.2, -0.15) is 0 Å². The van der Waals surface area contributed by atoms with Crippen LogP contribution in [0.1, 0.15) is 11.3 Å². The highest BCUT2D eigenvalue weighted by Crippen LogP contribution is 2.37. The van der Waals surface area contributed by atoms with Crippen molar-refractivity contribution in [2.24, 2.45) is 14.1 Å². The monoisotopic (exact) mass is 332 g/mol. The van der Waals surface area contributed by atoms with Gasteiger partial charge in [0.15, 0.2) is 0 Å². The summed E-state index contributed by atoms with van der Waals surface area (Å²) in [5, 5.41) is -0.282. The van der Waals surface area contributed by atoms with Gasteiger partial charge < -0.3 is 4.74 Å².